The molecule has 15 heteroatoms. The van der Waals surface area contributed by atoms with Crippen molar-refractivity contribution in [1.29, 1.82) is 0 Å². The first-order chi connectivity index (χ1) is 22.8. The van der Waals surface area contributed by atoms with Crippen molar-refractivity contribution in [3.63, 3.8) is 0 Å². The molecule has 4 unspecified atom stereocenters. The minimum absolute atomic E-state index is 0.0722. The SMILES string of the molecule is CC(=O)NC1C(OC(C)=O)[C@@H](OC(C)=O)C(COC(C)=O)O[C@@H]1OC(C)[C@H](NC(=O)OCC1c2ccccc2-c2ccccc21)C(=O)O. The average Bonchev–Trinajstić information content (AvgIpc) is 3.33. The van der Waals surface area contributed by atoms with E-state index in [0.29, 0.717) is 0 Å². The number of carbonyl (C=O) groups excluding carboxylic acids is 5. The second-order valence-corrected chi connectivity index (χ2v) is 11.3. The molecular weight excluding hydrogens is 632 g/mol. The lowest BCUT2D eigenvalue weighted by atomic mass is 9.95. The minimum Gasteiger partial charge on any atom is -0.480 e. The van der Waals surface area contributed by atoms with E-state index in [1.165, 1.54) is 6.92 Å². The van der Waals surface area contributed by atoms with Crippen LogP contribution >= 0.6 is 0 Å². The third-order valence-electron chi connectivity index (χ3n) is 7.77. The van der Waals surface area contributed by atoms with Crippen molar-refractivity contribution in [3.05, 3.63) is 59.7 Å². The van der Waals surface area contributed by atoms with Crippen molar-refractivity contribution in [2.75, 3.05) is 13.2 Å². The fourth-order valence-electron chi connectivity index (χ4n) is 5.84. The molecule has 1 saturated heterocycles. The van der Waals surface area contributed by atoms with E-state index < -0.39 is 85.3 Å². The number of nitrogens with one attached hydrogen (secondary N) is 2. The van der Waals surface area contributed by atoms with Crippen molar-refractivity contribution < 1.29 is 62.3 Å². The maximum atomic E-state index is 13.0. The van der Waals surface area contributed by atoms with Crippen molar-refractivity contribution >= 4 is 35.9 Å². The number of carboxylic acids is 1. The number of carbonyl (C=O) groups is 6. The average molecular weight is 671 g/mol. The van der Waals surface area contributed by atoms with Gasteiger partial charge < -0.3 is 44.2 Å². The van der Waals surface area contributed by atoms with Gasteiger partial charge in [0, 0.05) is 33.6 Å². The van der Waals surface area contributed by atoms with Crippen molar-refractivity contribution in [2.24, 2.45) is 0 Å². The highest BCUT2D eigenvalue weighted by molar-refractivity contribution is 5.81. The molecule has 1 heterocycles. The molecule has 1 aliphatic carbocycles. The summed E-state index contributed by atoms with van der Waals surface area (Å²) in [6.07, 6.45) is -7.98. The Morgan fingerprint density at radius 1 is 0.792 bits per heavy atom. The van der Waals surface area contributed by atoms with Gasteiger partial charge in [-0.05, 0) is 29.2 Å². The van der Waals surface area contributed by atoms with Crippen LogP contribution in [0, 0.1) is 0 Å². The van der Waals surface area contributed by atoms with Crippen LogP contribution in [0.15, 0.2) is 48.5 Å². The molecule has 0 radical (unpaired) electrons. The van der Waals surface area contributed by atoms with Crippen LogP contribution in [-0.2, 0) is 52.4 Å². The molecule has 7 atom stereocenters. The van der Waals surface area contributed by atoms with Crippen LogP contribution < -0.4 is 10.6 Å². The molecule has 2 aromatic carbocycles. The number of aliphatic carboxylic acids is 1. The van der Waals surface area contributed by atoms with E-state index >= 15 is 0 Å². The quantitative estimate of drug-likeness (QED) is 0.219. The van der Waals surface area contributed by atoms with Gasteiger partial charge in [-0.3, -0.25) is 19.2 Å². The van der Waals surface area contributed by atoms with Gasteiger partial charge >= 0.3 is 30.0 Å². The number of fused-ring (bicyclic) bond motifs is 3. The summed E-state index contributed by atoms with van der Waals surface area (Å²) in [5.74, 6) is -4.67. The summed E-state index contributed by atoms with van der Waals surface area (Å²) in [5.41, 5.74) is 3.97. The summed E-state index contributed by atoms with van der Waals surface area (Å²) in [6, 6.07) is 12.4. The minimum atomic E-state index is -1.69. The van der Waals surface area contributed by atoms with E-state index in [-0.39, 0.29) is 12.5 Å². The van der Waals surface area contributed by atoms with Crippen LogP contribution in [0.4, 0.5) is 4.79 Å². The van der Waals surface area contributed by atoms with Gasteiger partial charge in [-0.1, -0.05) is 48.5 Å². The highest BCUT2D eigenvalue weighted by Gasteiger charge is 2.52. The first kappa shape index (κ1) is 35.8. The number of hydrogen-bond donors (Lipinski definition) is 3. The molecule has 2 aliphatic rings. The van der Waals surface area contributed by atoms with E-state index in [1.807, 2.05) is 48.5 Å². The Bertz CT molecular complexity index is 1500. The summed E-state index contributed by atoms with van der Waals surface area (Å²) >= 11 is 0. The van der Waals surface area contributed by atoms with Crippen LogP contribution in [0.25, 0.3) is 11.1 Å². The van der Waals surface area contributed by atoms with E-state index in [4.69, 9.17) is 28.4 Å². The second-order valence-electron chi connectivity index (χ2n) is 11.3. The zero-order valence-corrected chi connectivity index (χ0v) is 27.0. The van der Waals surface area contributed by atoms with Gasteiger partial charge in [0.1, 0.15) is 25.4 Å². The number of carboxylic acid groups (broad SMARTS) is 1. The summed E-state index contributed by atoms with van der Waals surface area (Å²) in [6.45, 7) is 5.26. The molecular formula is C33H38N2O13. The molecule has 0 saturated carbocycles. The van der Waals surface area contributed by atoms with Gasteiger partial charge in [0.2, 0.25) is 5.91 Å². The normalized spacial score (nSPS) is 22.6. The summed E-state index contributed by atoms with van der Waals surface area (Å²) in [5, 5.41) is 14.9. The third kappa shape index (κ3) is 8.66. The zero-order valence-electron chi connectivity index (χ0n) is 27.0. The molecule has 258 valence electrons. The first-order valence-corrected chi connectivity index (χ1v) is 15.2. The number of esters is 3. The predicted octanol–water partition coefficient (Wildman–Crippen LogP) is 2.04. The van der Waals surface area contributed by atoms with E-state index in [1.54, 1.807) is 0 Å². The molecule has 0 bridgehead atoms. The van der Waals surface area contributed by atoms with Gasteiger partial charge in [-0.25, -0.2) is 9.59 Å². The lowest BCUT2D eigenvalue weighted by Crippen LogP contribution is -2.67. The maximum Gasteiger partial charge on any atom is 0.407 e. The number of ether oxygens (including phenoxy) is 6. The number of rotatable bonds is 12. The Morgan fingerprint density at radius 3 is 1.88 bits per heavy atom. The molecule has 0 spiro atoms. The first-order valence-electron chi connectivity index (χ1n) is 15.2. The smallest absolute Gasteiger partial charge is 0.407 e. The molecule has 15 nitrogen and oxygen atoms in total. The van der Waals surface area contributed by atoms with Crippen LogP contribution in [0.3, 0.4) is 0 Å². The lowest BCUT2D eigenvalue weighted by molar-refractivity contribution is -0.287. The van der Waals surface area contributed by atoms with Gasteiger partial charge in [0.05, 0.1) is 6.10 Å². The van der Waals surface area contributed by atoms with Gasteiger partial charge in [-0.2, -0.15) is 0 Å². The molecule has 3 N–H and O–H groups in total. The monoisotopic (exact) mass is 670 g/mol. The maximum absolute atomic E-state index is 13.0. The van der Waals surface area contributed by atoms with Crippen molar-refractivity contribution in [3.8, 4) is 11.1 Å². The molecule has 1 fully saturated rings. The van der Waals surface area contributed by atoms with E-state index in [2.05, 4.69) is 10.6 Å². The Morgan fingerprint density at radius 2 is 1.35 bits per heavy atom. The van der Waals surface area contributed by atoms with Crippen LogP contribution in [-0.4, -0.2) is 97.0 Å². The van der Waals surface area contributed by atoms with E-state index in [9.17, 15) is 33.9 Å². The zero-order chi connectivity index (χ0) is 35.1. The summed E-state index contributed by atoms with van der Waals surface area (Å²) < 4.78 is 33.2. The standard InChI is InChI=1S/C33H38N2O13/c1-16(27(31(40)41)35-33(42)44-14-25-23-12-8-6-10-21(23)22-11-7-9-13-24(22)25)45-32-28(34-17(2)36)30(47-20(5)39)29(46-19(4)38)26(48-32)15-43-18(3)37/h6-13,16,25-30,32H,14-15H2,1-5H3,(H,34,36)(H,35,42)(H,40,41)/t16?,26?,27-,28?,29-,30?,32-/m0/s1. The largest absolute Gasteiger partial charge is 0.480 e. The van der Waals surface area contributed by atoms with Gasteiger partial charge in [-0.15, -0.1) is 0 Å². The highest BCUT2D eigenvalue weighted by Crippen LogP contribution is 2.44. The summed E-state index contributed by atoms with van der Waals surface area (Å²) in [4.78, 5) is 73.2. The number of hydrogen-bond acceptors (Lipinski definition) is 12. The lowest BCUT2D eigenvalue weighted by Gasteiger charge is -2.45. The third-order valence-corrected chi connectivity index (χ3v) is 7.77. The predicted molar refractivity (Wildman–Crippen MR) is 164 cm³/mol. The fourth-order valence-corrected chi connectivity index (χ4v) is 5.84. The topological polar surface area (TPSA) is 202 Å². The molecule has 2 aromatic rings. The van der Waals surface area contributed by atoms with Crippen molar-refractivity contribution in [2.45, 2.75) is 83.3 Å². The molecule has 4 rings (SSSR count). The highest BCUT2D eigenvalue weighted by atomic mass is 16.7. The van der Waals surface area contributed by atoms with Gasteiger partial charge in [0.15, 0.2) is 24.5 Å². The Balaban J connectivity index is 1.52. The second kappa shape index (κ2) is 15.7. The van der Waals surface area contributed by atoms with Crippen molar-refractivity contribution in [1.82, 2.24) is 10.6 Å². The number of alkyl carbamates (subject to hydrolysis) is 1. The fraction of sp³-hybridized carbons (Fsp3) is 0.455. The number of amides is 2. The Labute approximate surface area is 276 Å². The van der Waals surface area contributed by atoms with E-state index in [0.717, 1.165) is 49.9 Å². The molecule has 48 heavy (non-hydrogen) atoms. The molecule has 1 aliphatic heterocycles. The Kier molecular flexibility index (Phi) is 11.7. The van der Waals surface area contributed by atoms with Crippen LogP contribution in [0.1, 0.15) is 51.7 Å². The molecule has 0 aromatic heterocycles. The Hall–Kier alpha value is -5.02. The van der Waals surface area contributed by atoms with Crippen LogP contribution in [0.2, 0.25) is 0 Å². The summed E-state index contributed by atoms with van der Waals surface area (Å²) in [7, 11) is 0. The van der Waals surface area contributed by atoms with Gasteiger partial charge in [0.25, 0.3) is 0 Å². The molecule has 2 amide bonds. The number of benzene rings is 2. The van der Waals surface area contributed by atoms with Crippen LogP contribution in [0.5, 0.6) is 0 Å².